The Hall–Kier alpha value is -2.25. The van der Waals surface area contributed by atoms with E-state index in [1.807, 2.05) is 0 Å². The fraction of sp³-hybridized carbons (Fsp3) is 0.562. The molecule has 8 heteroatoms. The van der Waals surface area contributed by atoms with Gasteiger partial charge in [0.15, 0.2) is 5.69 Å². The van der Waals surface area contributed by atoms with Crippen LogP contribution in [-0.4, -0.2) is 33.1 Å². The molecule has 2 aromatic heterocycles. The Labute approximate surface area is 135 Å². The highest BCUT2D eigenvalue weighted by atomic mass is 19.3. The number of aryl methyl sites for hydroxylation is 1. The second kappa shape index (κ2) is 4.87. The van der Waals surface area contributed by atoms with Gasteiger partial charge in [0.05, 0.1) is 6.61 Å². The maximum atomic E-state index is 13.4. The lowest BCUT2D eigenvalue weighted by Crippen LogP contribution is -2.14. The molecule has 24 heavy (non-hydrogen) atoms. The van der Waals surface area contributed by atoms with Crippen LogP contribution in [0.15, 0.2) is 17.1 Å². The van der Waals surface area contributed by atoms with Crippen molar-refractivity contribution in [1.29, 1.82) is 0 Å². The number of nitrogens with zero attached hydrogens (tertiary/aromatic N) is 2. The molecule has 2 aliphatic carbocycles. The number of carbonyl (C=O) groups excluding carboxylic acids is 1. The zero-order chi connectivity index (χ0) is 17.1. The minimum absolute atomic E-state index is 0.0370. The van der Waals surface area contributed by atoms with Gasteiger partial charge in [0, 0.05) is 29.8 Å². The highest BCUT2D eigenvalue weighted by Gasteiger charge is 2.72. The Kier molecular flexibility index (Phi) is 3.10. The number of fused-ring (bicyclic) bond motifs is 1. The van der Waals surface area contributed by atoms with Crippen LogP contribution < -0.4 is 5.56 Å². The van der Waals surface area contributed by atoms with Crippen molar-refractivity contribution in [2.24, 2.45) is 11.3 Å². The molecule has 2 fully saturated rings. The second-order valence-corrected chi connectivity index (χ2v) is 6.99. The van der Waals surface area contributed by atoms with E-state index in [0.29, 0.717) is 25.0 Å². The van der Waals surface area contributed by atoms with Gasteiger partial charge in [0.1, 0.15) is 5.52 Å². The zero-order valence-electron chi connectivity index (χ0n) is 13.1. The van der Waals surface area contributed by atoms with Gasteiger partial charge < -0.3 is 9.72 Å². The zero-order valence-corrected chi connectivity index (χ0v) is 13.1. The number of hydrogen-bond acceptors (Lipinski definition) is 4. The molecular weight excluding hydrogens is 320 g/mol. The van der Waals surface area contributed by atoms with Crippen LogP contribution in [0.3, 0.4) is 0 Å². The third kappa shape index (κ3) is 2.32. The van der Waals surface area contributed by atoms with Crippen LogP contribution in [0.25, 0.3) is 5.52 Å². The number of aromatic amines is 1. The fourth-order valence-electron chi connectivity index (χ4n) is 3.74. The van der Waals surface area contributed by atoms with Crippen molar-refractivity contribution in [2.75, 3.05) is 6.61 Å². The first-order valence-corrected chi connectivity index (χ1v) is 7.94. The maximum absolute atomic E-state index is 13.4. The van der Waals surface area contributed by atoms with E-state index in [1.54, 1.807) is 13.1 Å². The second-order valence-electron chi connectivity index (χ2n) is 6.99. The van der Waals surface area contributed by atoms with Crippen LogP contribution in [0.1, 0.15) is 41.9 Å². The summed E-state index contributed by atoms with van der Waals surface area (Å²) < 4.78 is 33.3. The highest BCUT2D eigenvalue weighted by molar-refractivity contribution is 5.88. The predicted octanol–water partition coefficient (Wildman–Crippen LogP) is 2.31. The molecule has 0 amide bonds. The van der Waals surface area contributed by atoms with Crippen molar-refractivity contribution in [1.82, 2.24) is 14.6 Å². The van der Waals surface area contributed by atoms with Crippen LogP contribution in [0, 0.1) is 18.3 Å². The molecule has 6 nitrogen and oxygen atoms in total. The summed E-state index contributed by atoms with van der Waals surface area (Å²) in [5, 5.41) is 4.05. The number of alkyl halides is 2. The maximum Gasteiger partial charge on any atom is 0.358 e. The third-order valence-electron chi connectivity index (χ3n) is 5.18. The van der Waals surface area contributed by atoms with Crippen molar-refractivity contribution in [3.05, 3.63) is 34.0 Å². The van der Waals surface area contributed by atoms with Gasteiger partial charge in [0.2, 0.25) is 0 Å². The monoisotopic (exact) mass is 337 g/mol. The van der Waals surface area contributed by atoms with Crippen LogP contribution in [0.4, 0.5) is 8.78 Å². The quantitative estimate of drug-likeness (QED) is 0.872. The Bertz CT molecular complexity index is 888. The molecular formula is C16H17F2N3O3. The molecule has 0 aliphatic heterocycles. The molecule has 0 aromatic carbocycles. The molecule has 128 valence electrons. The van der Waals surface area contributed by atoms with Gasteiger partial charge in [-0.05, 0) is 32.1 Å². The molecule has 1 spiro atoms. The predicted molar refractivity (Wildman–Crippen MR) is 80.2 cm³/mol. The van der Waals surface area contributed by atoms with E-state index in [2.05, 4.69) is 10.1 Å². The lowest BCUT2D eigenvalue weighted by molar-refractivity contribution is 0.0408. The number of nitrogens with one attached hydrogen (secondary N) is 1. The number of aromatic nitrogens is 3. The molecule has 0 radical (unpaired) electrons. The summed E-state index contributed by atoms with van der Waals surface area (Å²) >= 11 is 0. The summed E-state index contributed by atoms with van der Waals surface area (Å²) in [6.07, 6.45) is 3.10. The van der Waals surface area contributed by atoms with Crippen molar-refractivity contribution >= 4 is 11.5 Å². The van der Waals surface area contributed by atoms with Gasteiger partial charge >= 0.3 is 5.97 Å². The van der Waals surface area contributed by atoms with Gasteiger partial charge in [-0.25, -0.2) is 18.1 Å². The first-order valence-electron chi connectivity index (χ1n) is 7.94. The Morgan fingerprint density at radius 1 is 1.54 bits per heavy atom. The lowest BCUT2D eigenvalue weighted by atomic mass is 10.0. The van der Waals surface area contributed by atoms with Crippen molar-refractivity contribution in [3.8, 4) is 0 Å². The molecule has 4 rings (SSSR count). The number of halogens is 2. The number of esters is 1. The van der Waals surface area contributed by atoms with Gasteiger partial charge in [-0.1, -0.05) is 0 Å². The van der Waals surface area contributed by atoms with Gasteiger partial charge in [-0.3, -0.25) is 4.79 Å². The molecule has 2 unspecified atom stereocenters. The molecule has 2 heterocycles. The van der Waals surface area contributed by atoms with E-state index in [1.165, 1.54) is 10.6 Å². The van der Waals surface area contributed by atoms with E-state index in [-0.39, 0.29) is 35.7 Å². The lowest BCUT2D eigenvalue weighted by Gasteiger charge is -2.10. The van der Waals surface area contributed by atoms with Gasteiger partial charge in [-0.2, -0.15) is 5.10 Å². The van der Waals surface area contributed by atoms with Crippen LogP contribution >= 0.6 is 0 Å². The molecule has 2 atom stereocenters. The average molecular weight is 337 g/mol. The van der Waals surface area contributed by atoms with E-state index in [0.717, 1.165) is 0 Å². The molecule has 2 saturated carbocycles. The van der Waals surface area contributed by atoms with E-state index < -0.39 is 17.3 Å². The van der Waals surface area contributed by atoms with Crippen LogP contribution in [0.5, 0.6) is 0 Å². The number of ether oxygens (including phenoxy) is 1. The van der Waals surface area contributed by atoms with Gasteiger partial charge in [0.25, 0.3) is 11.5 Å². The number of H-pyrrole nitrogens is 1. The summed E-state index contributed by atoms with van der Waals surface area (Å²) in [4.78, 5) is 26.5. The molecule has 0 bridgehead atoms. The SMILES string of the molecule is Cc1cn2nc(C(=O)OCC3CCC4(C3)CC4(F)F)cc2c(=O)[nH]1. The van der Waals surface area contributed by atoms with Crippen LogP contribution in [-0.2, 0) is 4.74 Å². The summed E-state index contributed by atoms with van der Waals surface area (Å²) in [7, 11) is 0. The largest absolute Gasteiger partial charge is 0.461 e. The fourth-order valence-corrected chi connectivity index (χ4v) is 3.74. The van der Waals surface area contributed by atoms with Crippen molar-refractivity contribution in [3.63, 3.8) is 0 Å². The first kappa shape index (κ1) is 15.3. The van der Waals surface area contributed by atoms with Crippen molar-refractivity contribution in [2.45, 2.75) is 38.5 Å². The van der Waals surface area contributed by atoms with E-state index in [4.69, 9.17) is 4.74 Å². The highest BCUT2D eigenvalue weighted by Crippen LogP contribution is 2.69. The topological polar surface area (TPSA) is 76.5 Å². The number of hydrogen-bond donors (Lipinski definition) is 1. The number of carbonyl (C=O) groups is 1. The smallest absolute Gasteiger partial charge is 0.358 e. The minimum atomic E-state index is -2.55. The summed E-state index contributed by atoms with van der Waals surface area (Å²) in [6.45, 7) is 1.82. The normalized spacial score (nSPS) is 27.7. The van der Waals surface area contributed by atoms with E-state index >= 15 is 0 Å². The summed E-state index contributed by atoms with van der Waals surface area (Å²) in [5.41, 5.74) is -0.272. The number of rotatable bonds is 3. The Morgan fingerprint density at radius 3 is 2.96 bits per heavy atom. The summed E-state index contributed by atoms with van der Waals surface area (Å²) in [6, 6.07) is 1.37. The van der Waals surface area contributed by atoms with E-state index in [9.17, 15) is 18.4 Å². The molecule has 2 aliphatic rings. The Morgan fingerprint density at radius 2 is 2.29 bits per heavy atom. The minimum Gasteiger partial charge on any atom is -0.461 e. The summed E-state index contributed by atoms with van der Waals surface area (Å²) in [5.74, 6) is -3.23. The van der Waals surface area contributed by atoms with Gasteiger partial charge in [-0.15, -0.1) is 0 Å². The molecule has 2 aromatic rings. The Balaban J connectivity index is 1.42. The average Bonchev–Trinajstić information content (AvgIpc) is 2.89. The molecule has 0 saturated heterocycles. The standard InChI is InChI=1S/C16H17F2N3O3/c1-9-6-21-12(13(22)19-9)4-11(20-21)14(23)24-7-10-2-3-15(5-10)8-16(15,17)18/h4,6,10H,2-3,5,7-8H2,1H3,(H,19,22). The van der Waals surface area contributed by atoms with Crippen LogP contribution in [0.2, 0.25) is 0 Å². The molecule has 1 N–H and O–H groups in total. The van der Waals surface area contributed by atoms with Crippen molar-refractivity contribution < 1.29 is 18.3 Å². The first-order chi connectivity index (χ1) is 11.3. The third-order valence-corrected chi connectivity index (χ3v) is 5.18.